The summed E-state index contributed by atoms with van der Waals surface area (Å²) in [6.45, 7) is 1.99. The maximum absolute atomic E-state index is 6.16. The van der Waals surface area contributed by atoms with Crippen molar-refractivity contribution in [2.24, 2.45) is 0 Å². The van der Waals surface area contributed by atoms with Gasteiger partial charge in [-0.25, -0.2) is 0 Å². The highest BCUT2D eigenvalue weighted by atomic mass is 35.5. The fourth-order valence-electron chi connectivity index (χ4n) is 1.67. The second kappa shape index (κ2) is 4.73. The molecule has 0 aliphatic carbocycles. The first-order valence-electron chi connectivity index (χ1n) is 4.75. The van der Waals surface area contributed by atoms with Gasteiger partial charge >= 0.3 is 0 Å². The molecule has 1 heterocycles. The van der Waals surface area contributed by atoms with E-state index in [1.807, 2.05) is 11.8 Å². The summed E-state index contributed by atoms with van der Waals surface area (Å²) in [5.41, 5.74) is 7.20. The van der Waals surface area contributed by atoms with Gasteiger partial charge < -0.3 is 10.6 Å². The molecule has 0 atom stereocenters. The van der Waals surface area contributed by atoms with Gasteiger partial charge in [0, 0.05) is 30.3 Å². The molecule has 0 saturated carbocycles. The fraction of sp³-hybridized carbons (Fsp3) is 0.400. The van der Waals surface area contributed by atoms with Crippen LogP contribution < -0.4 is 10.6 Å². The smallest absolute Gasteiger partial charge is 0.0747 e. The van der Waals surface area contributed by atoms with Crippen molar-refractivity contribution < 1.29 is 0 Å². The third-order valence-electron chi connectivity index (χ3n) is 2.37. The van der Waals surface area contributed by atoms with Gasteiger partial charge in [-0.1, -0.05) is 23.2 Å². The molecular formula is C10H12Cl2N2S. The van der Waals surface area contributed by atoms with Gasteiger partial charge in [0.25, 0.3) is 0 Å². The Balaban J connectivity index is 2.33. The molecule has 1 fully saturated rings. The molecule has 0 unspecified atom stereocenters. The summed E-state index contributed by atoms with van der Waals surface area (Å²) in [6.07, 6.45) is 0. The lowest BCUT2D eigenvalue weighted by Gasteiger charge is -2.30. The van der Waals surface area contributed by atoms with Gasteiger partial charge in [0.2, 0.25) is 0 Å². The number of thioether (sulfide) groups is 1. The van der Waals surface area contributed by atoms with Gasteiger partial charge in [-0.15, -0.1) is 0 Å². The van der Waals surface area contributed by atoms with Gasteiger partial charge in [-0.2, -0.15) is 11.8 Å². The zero-order valence-electron chi connectivity index (χ0n) is 8.17. The van der Waals surface area contributed by atoms with E-state index in [4.69, 9.17) is 28.9 Å². The highest BCUT2D eigenvalue weighted by molar-refractivity contribution is 7.99. The minimum absolute atomic E-state index is 0.611. The number of rotatable bonds is 1. The number of halogens is 2. The van der Waals surface area contributed by atoms with Crippen LogP contribution in [0.15, 0.2) is 12.1 Å². The summed E-state index contributed by atoms with van der Waals surface area (Å²) in [5.74, 6) is 2.24. The molecule has 1 saturated heterocycles. The number of hydrogen-bond donors (Lipinski definition) is 1. The van der Waals surface area contributed by atoms with Crippen molar-refractivity contribution in [2.45, 2.75) is 0 Å². The Morgan fingerprint density at radius 1 is 1.13 bits per heavy atom. The van der Waals surface area contributed by atoms with E-state index in [2.05, 4.69) is 4.90 Å². The molecule has 5 heteroatoms. The number of nitrogens with two attached hydrogens (primary N) is 1. The summed E-state index contributed by atoms with van der Waals surface area (Å²) in [7, 11) is 0. The number of hydrogen-bond acceptors (Lipinski definition) is 3. The van der Waals surface area contributed by atoms with Crippen LogP contribution in [0.4, 0.5) is 11.4 Å². The van der Waals surface area contributed by atoms with E-state index in [-0.39, 0.29) is 0 Å². The second-order valence-electron chi connectivity index (χ2n) is 3.43. The van der Waals surface area contributed by atoms with Gasteiger partial charge in [-0.3, -0.25) is 0 Å². The van der Waals surface area contributed by atoms with E-state index in [1.165, 1.54) is 0 Å². The Kier molecular flexibility index (Phi) is 3.54. The standard InChI is InChI=1S/C10H12Cl2N2S/c11-8-5-7(13)6-9(12)10(8)14-1-3-15-4-2-14/h5-6H,1-4,13H2. The minimum atomic E-state index is 0.611. The Hall–Kier alpha value is -0.250. The number of nitrogens with zero attached hydrogens (tertiary/aromatic N) is 1. The number of nitrogen functional groups attached to an aromatic ring is 1. The van der Waals surface area contributed by atoms with Crippen LogP contribution in [0, 0.1) is 0 Å². The largest absolute Gasteiger partial charge is 0.399 e. The van der Waals surface area contributed by atoms with E-state index in [0.717, 1.165) is 30.3 Å². The summed E-state index contributed by atoms with van der Waals surface area (Å²) in [6, 6.07) is 3.51. The summed E-state index contributed by atoms with van der Waals surface area (Å²) in [4.78, 5) is 2.22. The molecule has 1 aliphatic heterocycles. The molecule has 2 nitrogen and oxygen atoms in total. The molecule has 0 bridgehead atoms. The van der Waals surface area contributed by atoms with Crippen molar-refractivity contribution in [3.05, 3.63) is 22.2 Å². The zero-order chi connectivity index (χ0) is 10.8. The number of benzene rings is 1. The zero-order valence-corrected chi connectivity index (χ0v) is 10.5. The predicted molar refractivity (Wildman–Crippen MR) is 70.4 cm³/mol. The van der Waals surface area contributed by atoms with Crippen molar-refractivity contribution in [1.82, 2.24) is 0 Å². The lowest BCUT2D eigenvalue weighted by Crippen LogP contribution is -2.32. The first-order chi connectivity index (χ1) is 7.18. The topological polar surface area (TPSA) is 29.3 Å². The van der Waals surface area contributed by atoms with Gasteiger partial charge in [-0.05, 0) is 12.1 Å². The average Bonchev–Trinajstić information content (AvgIpc) is 2.17. The normalized spacial score (nSPS) is 16.8. The summed E-state index contributed by atoms with van der Waals surface area (Å²) < 4.78 is 0. The van der Waals surface area contributed by atoms with Crippen LogP contribution in [0.25, 0.3) is 0 Å². The van der Waals surface area contributed by atoms with Crippen molar-refractivity contribution in [3.63, 3.8) is 0 Å². The molecule has 1 aromatic rings. The fourth-order valence-corrected chi connectivity index (χ4v) is 3.32. The molecule has 0 aromatic heterocycles. The molecular weight excluding hydrogens is 251 g/mol. The second-order valence-corrected chi connectivity index (χ2v) is 5.47. The molecule has 0 spiro atoms. The Morgan fingerprint density at radius 3 is 2.20 bits per heavy atom. The number of anilines is 2. The molecule has 1 aromatic carbocycles. The quantitative estimate of drug-likeness (QED) is 0.789. The van der Waals surface area contributed by atoms with E-state index >= 15 is 0 Å². The lowest BCUT2D eigenvalue weighted by atomic mass is 10.2. The maximum atomic E-state index is 6.16. The Labute approximate surface area is 104 Å². The highest BCUT2D eigenvalue weighted by Crippen LogP contribution is 2.36. The van der Waals surface area contributed by atoms with Crippen LogP contribution in [0.5, 0.6) is 0 Å². The van der Waals surface area contributed by atoms with Crippen molar-refractivity contribution in [3.8, 4) is 0 Å². The van der Waals surface area contributed by atoms with Crippen LogP contribution >= 0.6 is 35.0 Å². The van der Waals surface area contributed by atoms with E-state index < -0.39 is 0 Å². The maximum Gasteiger partial charge on any atom is 0.0747 e. The van der Waals surface area contributed by atoms with Crippen LogP contribution in [0.2, 0.25) is 10.0 Å². The van der Waals surface area contributed by atoms with Crippen molar-refractivity contribution in [1.29, 1.82) is 0 Å². The van der Waals surface area contributed by atoms with Crippen LogP contribution in [0.1, 0.15) is 0 Å². The van der Waals surface area contributed by atoms with Gasteiger partial charge in [0.15, 0.2) is 0 Å². The lowest BCUT2D eigenvalue weighted by molar-refractivity contribution is 0.859. The van der Waals surface area contributed by atoms with Gasteiger partial charge in [0.05, 0.1) is 15.7 Å². The average molecular weight is 263 g/mol. The molecule has 82 valence electrons. The third kappa shape index (κ3) is 2.47. The summed E-state index contributed by atoms with van der Waals surface area (Å²) >= 11 is 14.3. The molecule has 2 N–H and O–H groups in total. The third-order valence-corrected chi connectivity index (χ3v) is 3.89. The van der Waals surface area contributed by atoms with Crippen LogP contribution in [0.3, 0.4) is 0 Å². The monoisotopic (exact) mass is 262 g/mol. The predicted octanol–water partition coefficient (Wildman–Crippen LogP) is 3.13. The molecule has 15 heavy (non-hydrogen) atoms. The highest BCUT2D eigenvalue weighted by Gasteiger charge is 2.17. The molecule has 2 rings (SSSR count). The first kappa shape index (κ1) is 11.2. The van der Waals surface area contributed by atoms with Crippen LogP contribution in [-0.4, -0.2) is 24.6 Å². The van der Waals surface area contributed by atoms with Crippen molar-refractivity contribution in [2.75, 3.05) is 35.2 Å². The first-order valence-corrected chi connectivity index (χ1v) is 6.67. The summed E-state index contributed by atoms with van der Waals surface area (Å²) in [5, 5.41) is 1.29. The molecule has 0 amide bonds. The van der Waals surface area contributed by atoms with Crippen molar-refractivity contribution >= 4 is 46.3 Å². The minimum Gasteiger partial charge on any atom is -0.399 e. The molecule has 1 aliphatic rings. The van der Waals surface area contributed by atoms with Gasteiger partial charge in [0.1, 0.15) is 0 Å². The van der Waals surface area contributed by atoms with E-state index in [0.29, 0.717) is 15.7 Å². The Bertz CT molecular complexity index is 341. The Morgan fingerprint density at radius 2 is 1.67 bits per heavy atom. The molecule has 0 radical (unpaired) electrons. The SMILES string of the molecule is Nc1cc(Cl)c(N2CCSCC2)c(Cl)c1. The van der Waals surface area contributed by atoms with E-state index in [9.17, 15) is 0 Å². The van der Waals surface area contributed by atoms with Crippen LogP contribution in [-0.2, 0) is 0 Å². The van der Waals surface area contributed by atoms with E-state index in [1.54, 1.807) is 12.1 Å².